The highest BCUT2D eigenvalue weighted by atomic mass is 32.2. The van der Waals surface area contributed by atoms with Crippen molar-refractivity contribution in [1.82, 2.24) is 9.55 Å². The third kappa shape index (κ3) is 3.09. The summed E-state index contributed by atoms with van der Waals surface area (Å²) >= 11 is 0. The second-order valence-corrected chi connectivity index (χ2v) is 9.97. The lowest BCUT2D eigenvalue weighted by Gasteiger charge is -2.31. The van der Waals surface area contributed by atoms with Crippen LogP contribution in [0.2, 0.25) is 0 Å². The number of pyridine rings is 1. The average Bonchev–Trinajstić information content (AvgIpc) is 3.47. The van der Waals surface area contributed by atoms with E-state index < -0.39 is 10.0 Å². The van der Waals surface area contributed by atoms with Crippen molar-refractivity contribution in [2.24, 2.45) is 7.05 Å². The minimum absolute atomic E-state index is 0.000796. The number of morpholine rings is 1. The van der Waals surface area contributed by atoms with Gasteiger partial charge in [-0.3, -0.25) is 9.52 Å². The Bertz CT molecular complexity index is 1290. The summed E-state index contributed by atoms with van der Waals surface area (Å²) in [5.74, 6) is -0.000796. The molecule has 2 saturated heterocycles. The highest BCUT2D eigenvalue weighted by Crippen LogP contribution is 2.41. The Morgan fingerprint density at radius 3 is 2.80 bits per heavy atom. The molecule has 2 atom stereocenters. The molecule has 4 heterocycles. The van der Waals surface area contributed by atoms with Gasteiger partial charge < -0.3 is 19.2 Å². The van der Waals surface area contributed by atoms with E-state index in [9.17, 15) is 13.2 Å². The number of benzene rings is 1. The van der Waals surface area contributed by atoms with Gasteiger partial charge in [-0.05, 0) is 37.6 Å². The summed E-state index contributed by atoms with van der Waals surface area (Å²) in [5.41, 5.74) is 3.73. The lowest BCUT2D eigenvalue weighted by Crippen LogP contribution is -2.37. The molecule has 2 aromatic heterocycles. The molecular weight excluding hydrogens is 404 g/mol. The fraction of sp³-hybridized carbons (Fsp3) is 0.381. The number of nitrogens with one attached hydrogen (secondary N) is 2. The van der Waals surface area contributed by atoms with Crippen molar-refractivity contribution < 1.29 is 13.2 Å². The van der Waals surface area contributed by atoms with Crippen LogP contribution in [0.15, 0.2) is 41.5 Å². The second kappa shape index (κ2) is 6.88. The van der Waals surface area contributed by atoms with Gasteiger partial charge in [-0.25, -0.2) is 8.42 Å². The maximum atomic E-state index is 12.5. The van der Waals surface area contributed by atoms with Crippen LogP contribution in [0.5, 0.6) is 0 Å². The monoisotopic (exact) mass is 428 g/mol. The molecule has 0 aliphatic carbocycles. The topological polar surface area (TPSA) is 96.4 Å². The Morgan fingerprint density at radius 2 is 2.10 bits per heavy atom. The number of hydrogen-bond donors (Lipinski definition) is 2. The van der Waals surface area contributed by atoms with E-state index in [1.807, 2.05) is 24.4 Å². The molecule has 2 bridgehead atoms. The average molecular weight is 429 g/mol. The molecule has 3 aromatic rings. The molecule has 0 radical (unpaired) electrons. The molecule has 9 heteroatoms. The van der Waals surface area contributed by atoms with Crippen molar-refractivity contribution in [2.75, 3.05) is 28.5 Å². The summed E-state index contributed by atoms with van der Waals surface area (Å²) in [5, 5.41) is 0.815. The standard InChI is InChI=1S/C21H24N4O4S/c1-3-30(27,28)23-13-4-5-19(25-10-15-9-14(25)12-29-15)17(8-13)18-11-24(2)21(26)20-16(18)6-7-22-20/h4-8,11,14-15,22-23H,3,9-10,12H2,1-2H3. The summed E-state index contributed by atoms with van der Waals surface area (Å²) in [6.45, 7) is 3.11. The van der Waals surface area contributed by atoms with E-state index in [1.54, 1.807) is 30.8 Å². The van der Waals surface area contributed by atoms with E-state index in [0.29, 0.717) is 23.9 Å². The maximum absolute atomic E-state index is 12.5. The van der Waals surface area contributed by atoms with Crippen LogP contribution in [-0.4, -0.2) is 49.0 Å². The summed E-state index contributed by atoms with van der Waals surface area (Å²) in [7, 11) is -1.68. The van der Waals surface area contributed by atoms with Gasteiger partial charge in [0.1, 0.15) is 5.52 Å². The van der Waals surface area contributed by atoms with Gasteiger partial charge in [0, 0.05) is 53.9 Å². The number of sulfonamides is 1. The zero-order chi connectivity index (χ0) is 21.0. The maximum Gasteiger partial charge on any atom is 0.274 e. The highest BCUT2D eigenvalue weighted by Gasteiger charge is 2.40. The molecule has 0 saturated carbocycles. The highest BCUT2D eigenvalue weighted by molar-refractivity contribution is 7.92. The largest absolute Gasteiger partial charge is 0.374 e. The lowest BCUT2D eigenvalue weighted by atomic mass is 10.00. The summed E-state index contributed by atoms with van der Waals surface area (Å²) in [4.78, 5) is 17.9. The minimum Gasteiger partial charge on any atom is -0.374 e. The van der Waals surface area contributed by atoms with Crippen LogP contribution < -0.4 is 15.2 Å². The number of aromatic amines is 1. The normalized spacial score (nSPS) is 20.9. The van der Waals surface area contributed by atoms with E-state index in [-0.39, 0.29) is 17.4 Å². The van der Waals surface area contributed by atoms with Gasteiger partial charge in [-0.1, -0.05) is 0 Å². The Morgan fingerprint density at radius 1 is 1.27 bits per heavy atom. The van der Waals surface area contributed by atoms with E-state index >= 15 is 0 Å². The Labute approximate surface area is 174 Å². The number of H-pyrrole nitrogens is 1. The summed E-state index contributed by atoms with van der Waals surface area (Å²) < 4.78 is 34.3. The number of fused-ring (bicyclic) bond motifs is 3. The van der Waals surface area contributed by atoms with Crippen molar-refractivity contribution in [2.45, 2.75) is 25.5 Å². The van der Waals surface area contributed by atoms with E-state index in [2.05, 4.69) is 14.6 Å². The molecule has 1 aromatic carbocycles. The zero-order valence-electron chi connectivity index (χ0n) is 16.9. The number of anilines is 2. The van der Waals surface area contributed by atoms with Gasteiger partial charge in [0.2, 0.25) is 10.0 Å². The second-order valence-electron chi connectivity index (χ2n) is 7.96. The third-order valence-corrected chi connectivity index (χ3v) is 7.35. The minimum atomic E-state index is -3.40. The summed E-state index contributed by atoms with van der Waals surface area (Å²) in [6, 6.07) is 7.82. The van der Waals surface area contributed by atoms with E-state index in [4.69, 9.17) is 4.74 Å². The molecule has 0 spiro atoms. The molecule has 30 heavy (non-hydrogen) atoms. The predicted octanol–water partition coefficient (Wildman–Crippen LogP) is 2.27. The number of hydrogen-bond acceptors (Lipinski definition) is 5. The van der Waals surface area contributed by atoms with Crippen molar-refractivity contribution in [3.8, 4) is 11.1 Å². The molecule has 0 amide bonds. The molecule has 2 aliphatic rings. The predicted molar refractivity (Wildman–Crippen MR) is 118 cm³/mol. The first-order valence-corrected chi connectivity index (χ1v) is 11.7. The Balaban J connectivity index is 1.71. The molecule has 8 nitrogen and oxygen atoms in total. The smallest absolute Gasteiger partial charge is 0.274 e. The van der Waals surface area contributed by atoms with Crippen LogP contribution in [-0.2, 0) is 21.8 Å². The van der Waals surface area contributed by atoms with Gasteiger partial charge in [0.25, 0.3) is 5.56 Å². The lowest BCUT2D eigenvalue weighted by molar-refractivity contribution is 0.0992. The van der Waals surface area contributed by atoms with Crippen LogP contribution in [0, 0.1) is 0 Å². The third-order valence-electron chi connectivity index (χ3n) is 6.04. The van der Waals surface area contributed by atoms with Gasteiger partial charge in [0.15, 0.2) is 0 Å². The Kier molecular flexibility index (Phi) is 4.41. The molecular formula is C21H24N4O4S. The first kappa shape index (κ1) is 19.2. The van der Waals surface area contributed by atoms with Crippen molar-refractivity contribution in [1.29, 1.82) is 0 Å². The fourth-order valence-corrected chi connectivity index (χ4v) is 5.13. The number of rotatable bonds is 5. The molecule has 2 N–H and O–H groups in total. The Hall–Kier alpha value is -2.78. The van der Waals surface area contributed by atoms with E-state index in [1.165, 1.54) is 0 Å². The first-order valence-electron chi connectivity index (χ1n) is 10.1. The molecule has 2 fully saturated rings. The molecule has 2 unspecified atom stereocenters. The molecule has 2 aliphatic heterocycles. The van der Waals surface area contributed by atoms with Gasteiger partial charge in [-0.15, -0.1) is 0 Å². The molecule has 158 valence electrons. The quantitative estimate of drug-likeness (QED) is 0.650. The first-order chi connectivity index (χ1) is 14.4. The van der Waals surface area contributed by atoms with Gasteiger partial charge in [0.05, 0.1) is 24.5 Å². The number of aryl methyl sites for hydroxylation is 1. The fourth-order valence-electron chi connectivity index (χ4n) is 4.50. The van der Waals surface area contributed by atoms with Crippen LogP contribution in [0.3, 0.4) is 0 Å². The van der Waals surface area contributed by atoms with Crippen LogP contribution >= 0.6 is 0 Å². The van der Waals surface area contributed by atoms with Crippen LogP contribution in [0.25, 0.3) is 22.0 Å². The van der Waals surface area contributed by atoms with Crippen LogP contribution in [0.1, 0.15) is 13.3 Å². The van der Waals surface area contributed by atoms with E-state index in [0.717, 1.165) is 35.2 Å². The number of aromatic nitrogens is 2. The summed E-state index contributed by atoms with van der Waals surface area (Å²) in [6.07, 6.45) is 4.80. The van der Waals surface area contributed by atoms with Crippen LogP contribution in [0.4, 0.5) is 11.4 Å². The molecule has 5 rings (SSSR count). The van der Waals surface area contributed by atoms with Crippen molar-refractivity contribution >= 4 is 32.3 Å². The van der Waals surface area contributed by atoms with Crippen molar-refractivity contribution in [3.05, 3.63) is 47.0 Å². The SMILES string of the molecule is CCS(=O)(=O)Nc1ccc(N2CC3CC2CO3)c(-c2cn(C)c(=O)c3[nH]ccc23)c1. The van der Waals surface area contributed by atoms with Crippen molar-refractivity contribution in [3.63, 3.8) is 0 Å². The number of ether oxygens (including phenoxy) is 1. The van der Waals surface area contributed by atoms with Gasteiger partial charge in [-0.2, -0.15) is 0 Å². The number of nitrogens with zero attached hydrogens (tertiary/aromatic N) is 2. The van der Waals surface area contributed by atoms with Gasteiger partial charge >= 0.3 is 0 Å². The zero-order valence-corrected chi connectivity index (χ0v) is 17.7.